The van der Waals surface area contributed by atoms with Gasteiger partial charge >= 0.3 is 0 Å². The summed E-state index contributed by atoms with van der Waals surface area (Å²) in [4.78, 5) is 4.52. The smallest absolute Gasteiger partial charge is 0.145 e. The number of para-hydroxylation sites is 1. The number of benzene rings is 1. The van der Waals surface area contributed by atoms with E-state index in [4.69, 9.17) is 9.47 Å². The number of hydrogen-bond acceptors (Lipinski definition) is 4. The third-order valence-corrected chi connectivity index (χ3v) is 3.43. The van der Waals surface area contributed by atoms with E-state index in [2.05, 4.69) is 22.4 Å². The molecule has 3 rings (SSSR count). The van der Waals surface area contributed by atoms with Gasteiger partial charge in [-0.05, 0) is 25.1 Å². The van der Waals surface area contributed by atoms with Crippen LogP contribution < -0.4 is 10.1 Å². The maximum Gasteiger partial charge on any atom is 0.145 e. The zero-order chi connectivity index (χ0) is 13.1. The van der Waals surface area contributed by atoms with Crippen LogP contribution in [-0.4, -0.2) is 31.8 Å². The first-order valence-corrected chi connectivity index (χ1v) is 6.63. The standard InChI is InChI=1S/C15H18N2O2/c1-18-13-5-2-4-11-8-12(9-17-15(11)13)14-10-16-6-3-7-19-14/h2,4-5,8-9,14,16H,3,6-7,10H2,1H3. The van der Waals surface area contributed by atoms with Crippen molar-refractivity contribution in [2.75, 3.05) is 26.8 Å². The maximum absolute atomic E-state index is 5.86. The van der Waals surface area contributed by atoms with Crippen LogP contribution in [0.5, 0.6) is 5.75 Å². The lowest BCUT2D eigenvalue weighted by Gasteiger charge is -2.16. The van der Waals surface area contributed by atoms with Gasteiger partial charge in [-0.1, -0.05) is 12.1 Å². The van der Waals surface area contributed by atoms with E-state index in [1.165, 1.54) is 0 Å². The molecule has 1 atom stereocenters. The molecule has 2 aromatic rings. The third kappa shape index (κ3) is 2.55. The molecule has 0 bridgehead atoms. The number of hydrogen-bond donors (Lipinski definition) is 1. The van der Waals surface area contributed by atoms with Gasteiger partial charge in [-0.15, -0.1) is 0 Å². The normalized spacial score (nSPS) is 20.2. The zero-order valence-corrected chi connectivity index (χ0v) is 11.1. The van der Waals surface area contributed by atoms with E-state index in [1.807, 2.05) is 18.3 Å². The van der Waals surface area contributed by atoms with E-state index in [9.17, 15) is 0 Å². The van der Waals surface area contributed by atoms with Crippen LogP contribution >= 0.6 is 0 Å². The number of ether oxygens (including phenoxy) is 2. The summed E-state index contributed by atoms with van der Waals surface area (Å²) in [6, 6.07) is 8.11. The number of pyridine rings is 1. The highest BCUT2D eigenvalue weighted by Gasteiger charge is 2.15. The molecular weight excluding hydrogens is 240 g/mol. The molecule has 19 heavy (non-hydrogen) atoms. The van der Waals surface area contributed by atoms with Crippen molar-refractivity contribution in [3.63, 3.8) is 0 Å². The highest BCUT2D eigenvalue weighted by molar-refractivity contribution is 5.84. The number of fused-ring (bicyclic) bond motifs is 1. The van der Waals surface area contributed by atoms with Gasteiger partial charge < -0.3 is 14.8 Å². The molecule has 2 heterocycles. The number of nitrogens with zero attached hydrogens (tertiary/aromatic N) is 1. The lowest BCUT2D eigenvalue weighted by Crippen LogP contribution is -2.20. The maximum atomic E-state index is 5.86. The quantitative estimate of drug-likeness (QED) is 0.897. The molecule has 1 N–H and O–H groups in total. The molecule has 0 aliphatic carbocycles. The summed E-state index contributed by atoms with van der Waals surface area (Å²) in [6.07, 6.45) is 3.04. The Bertz CT molecular complexity index is 563. The van der Waals surface area contributed by atoms with Gasteiger partial charge in [0.1, 0.15) is 11.3 Å². The second-order valence-corrected chi connectivity index (χ2v) is 4.72. The van der Waals surface area contributed by atoms with Crippen LogP contribution in [-0.2, 0) is 4.74 Å². The Morgan fingerprint density at radius 3 is 3.26 bits per heavy atom. The Morgan fingerprint density at radius 1 is 1.42 bits per heavy atom. The van der Waals surface area contributed by atoms with Crippen LogP contribution in [0.15, 0.2) is 30.5 Å². The fourth-order valence-electron chi connectivity index (χ4n) is 2.42. The Labute approximate surface area is 112 Å². The SMILES string of the molecule is COc1cccc2cc(C3CNCCCO3)cnc12. The molecule has 4 heteroatoms. The second kappa shape index (κ2) is 5.55. The van der Waals surface area contributed by atoms with Crippen LogP contribution in [0.1, 0.15) is 18.1 Å². The Balaban J connectivity index is 1.97. The molecule has 0 spiro atoms. The van der Waals surface area contributed by atoms with Gasteiger partial charge in [0.2, 0.25) is 0 Å². The van der Waals surface area contributed by atoms with Gasteiger partial charge in [0.25, 0.3) is 0 Å². The largest absolute Gasteiger partial charge is 0.494 e. The summed E-state index contributed by atoms with van der Waals surface area (Å²) in [7, 11) is 1.67. The molecule has 1 fully saturated rings. The highest BCUT2D eigenvalue weighted by atomic mass is 16.5. The van der Waals surface area contributed by atoms with Crippen LogP contribution in [0.25, 0.3) is 10.9 Å². The molecule has 0 amide bonds. The number of aromatic nitrogens is 1. The van der Waals surface area contributed by atoms with Gasteiger partial charge in [0.05, 0.1) is 13.2 Å². The first-order chi connectivity index (χ1) is 9.38. The first-order valence-electron chi connectivity index (χ1n) is 6.63. The fourth-order valence-corrected chi connectivity index (χ4v) is 2.42. The molecule has 1 aliphatic rings. The topological polar surface area (TPSA) is 43.4 Å². The van der Waals surface area contributed by atoms with Crippen LogP contribution in [0.4, 0.5) is 0 Å². The van der Waals surface area contributed by atoms with E-state index in [-0.39, 0.29) is 6.10 Å². The molecular formula is C15H18N2O2. The Hall–Kier alpha value is -1.65. The van der Waals surface area contributed by atoms with E-state index >= 15 is 0 Å². The molecule has 1 saturated heterocycles. The van der Waals surface area contributed by atoms with Crippen molar-refractivity contribution in [1.29, 1.82) is 0 Å². The average molecular weight is 258 g/mol. The van der Waals surface area contributed by atoms with E-state index in [0.717, 1.165) is 48.3 Å². The van der Waals surface area contributed by atoms with Gasteiger partial charge in [-0.2, -0.15) is 0 Å². The summed E-state index contributed by atoms with van der Waals surface area (Å²) >= 11 is 0. The molecule has 0 radical (unpaired) electrons. The predicted molar refractivity (Wildman–Crippen MR) is 74.5 cm³/mol. The van der Waals surface area contributed by atoms with E-state index in [1.54, 1.807) is 7.11 Å². The van der Waals surface area contributed by atoms with E-state index < -0.39 is 0 Å². The molecule has 0 saturated carbocycles. The molecule has 1 aromatic carbocycles. The van der Waals surface area contributed by atoms with Crippen molar-refractivity contribution in [3.05, 3.63) is 36.0 Å². The number of methoxy groups -OCH3 is 1. The van der Waals surface area contributed by atoms with Crippen LogP contribution in [0.3, 0.4) is 0 Å². The van der Waals surface area contributed by atoms with Gasteiger partial charge in [-0.25, -0.2) is 0 Å². The summed E-state index contributed by atoms with van der Waals surface area (Å²) in [6.45, 7) is 2.66. The lowest BCUT2D eigenvalue weighted by molar-refractivity contribution is 0.0668. The van der Waals surface area contributed by atoms with Crippen LogP contribution in [0, 0.1) is 0 Å². The summed E-state index contributed by atoms with van der Waals surface area (Å²) in [5, 5.41) is 4.48. The highest BCUT2D eigenvalue weighted by Crippen LogP contribution is 2.27. The average Bonchev–Trinajstić information content (AvgIpc) is 2.75. The first kappa shape index (κ1) is 12.4. The minimum Gasteiger partial charge on any atom is -0.494 e. The van der Waals surface area contributed by atoms with Gasteiger partial charge in [0.15, 0.2) is 0 Å². The molecule has 4 nitrogen and oxygen atoms in total. The monoisotopic (exact) mass is 258 g/mol. The lowest BCUT2D eigenvalue weighted by atomic mass is 10.1. The Kier molecular flexibility index (Phi) is 3.62. The summed E-state index contributed by atoms with van der Waals surface area (Å²) in [5.41, 5.74) is 2.02. The molecule has 1 aromatic heterocycles. The summed E-state index contributed by atoms with van der Waals surface area (Å²) in [5.74, 6) is 0.809. The van der Waals surface area contributed by atoms with E-state index in [0.29, 0.717) is 0 Å². The van der Waals surface area contributed by atoms with Crippen molar-refractivity contribution >= 4 is 10.9 Å². The fraction of sp³-hybridized carbons (Fsp3) is 0.400. The van der Waals surface area contributed by atoms with Crippen LogP contribution in [0.2, 0.25) is 0 Å². The van der Waals surface area contributed by atoms with Crippen molar-refractivity contribution in [3.8, 4) is 5.75 Å². The second-order valence-electron chi connectivity index (χ2n) is 4.72. The van der Waals surface area contributed by atoms with Crippen molar-refractivity contribution in [1.82, 2.24) is 10.3 Å². The van der Waals surface area contributed by atoms with Gasteiger partial charge in [-0.3, -0.25) is 4.98 Å². The molecule has 1 aliphatic heterocycles. The van der Waals surface area contributed by atoms with Gasteiger partial charge in [0, 0.05) is 30.3 Å². The number of rotatable bonds is 2. The zero-order valence-electron chi connectivity index (χ0n) is 11.1. The Morgan fingerprint density at radius 2 is 2.37 bits per heavy atom. The van der Waals surface area contributed by atoms with Crippen molar-refractivity contribution < 1.29 is 9.47 Å². The third-order valence-electron chi connectivity index (χ3n) is 3.43. The van der Waals surface area contributed by atoms with Crippen molar-refractivity contribution in [2.24, 2.45) is 0 Å². The molecule has 1 unspecified atom stereocenters. The predicted octanol–water partition coefficient (Wildman–Crippen LogP) is 2.29. The summed E-state index contributed by atoms with van der Waals surface area (Å²) < 4.78 is 11.2. The minimum atomic E-state index is 0.0885. The van der Waals surface area contributed by atoms with Crippen molar-refractivity contribution in [2.45, 2.75) is 12.5 Å². The molecule has 100 valence electrons. The number of nitrogens with one attached hydrogen (secondary N) is 1. The minimum absolute atomic E-state index is 0.0885.